The Labute approximate surface area is 142 Å². The fourth-order valence-electron chi connectivity index (χ4n) is 2.61. The van der Waals surface area contributed by atoms with Gasteiger partial charge in [-0.1, -0.05) is 25.4 Å². The number of rotatable bonds is 5. The van der Waals surface area contributed by atoms with E-state index in [-0.39, 0.29) is 11.9 Å². The van der Waals surface area contributed by atoms with Gasteiger partial charge in [0.2, 0.25) is 5.91 Å². The van der Waals surface area contributed by atoms with Gasteiger partial charge in [-0.3, -0.25) is 4.79 Å². The molecule has 2 rings (SSSR count). The number of benzene rings is 1. The minimum absolute atomic E-state index is 0.149. The van der Waals surface area contributed by atoms with Gasteiger partial charge in [0.15, 0.2) is 0 Å². The third kappa shape index (κ3) is 5.13. The molecule has 0 saturated carbocycles. The Morgan fingerprint density at radius 1 is 1.30 bits per heavy atom. The Bertz CT molecular complexity index is 545. The van der Waals surface area contributed by atoms with Crippen molar-refractivity contribution < 1.29 is 9.59 Å². The summed E-state index contributed by atoms with van der Waals surface area (Å²) in [7, 11) is 0. The first-order valence-electron chi connectivity index (χ1n) is 8.08. The van der Waals surface area contributed by atoms with Crippen molar-refractivity contribution in [3.05, 3.63) is 29.3 Å². The molecule has 0 bridgehead atoms. The number of likely N-dealkylation sites (tertiary alicyclic amines) is 1. The van der Waals surface area contributed by atoms with Crippen molar-refractivity contribution in [2.45, 2.75) is 39.2 Å². The molecule has 0 unspecified atom stereocenters. The molecule has 1 aliphatic rings. The number of nitrogens with zero attached hydrogens (tertiary/aromatic N) is 1. The van der Waals surface area contributed by atoms with Crippen molar-refractivity contribution >= 4 is 29.2 Å². The van der Waals surface area contributed by atoms with Gasteiger partial charge in [0, 0.05) is 23.8 Å². The standard InChI is InChI=1S/C17H24ClN3O2/c1-12(2)9-10-19-17(23)21-11-3-4-15(21)16(22)20-14-7-5-13(18)6-8-14/h5-8,12,15H,3-4,9-11H2,1-2H3,(H,19,23)(H,20,22)/t15-/m1/s1. The Morgan fingerprint density at radius 3 is 2.65 bits per heavy atom. The molecule has 1 heterocycles. The average Bonchev–Trinajstić information content (AvgIpc) is 2.99. The zero-order valence-electron chi connectivity index (χ0n) is 13.6. The van der Waals surface area contributed by atoms with Crippen LogP contribution in [0.15, 0.2) is 24.3 Å². The Morgan fingerprint density at radius 2 is 2.00 bits per heavy atom. The van der Waals surface area contributed by atoms with E-state index in [0.717, 1.165) is 12.8 Å². The molecule has 2 N–H and O–H groups in total. The summed E-state index contributed by atoms with van der Waals surface area (Å²) in [5, 5.41) is 6.37. The summed E-state index contributed by atoms with van der Waals surface area (Å²) in [4.78, 5) is 26.3. The Kier molecular flexibility index (Phi) is 6.28. The lowest BCUT2D eigenvalue weighted by molar-refractivity contribution is -0.119. The second-order valence-corrected chi connectivity index (χ2v) is 6.70. The van der Waals surface area contributed by atoms with Crippen molar-refractivity contribution in [2.24, 2.45) is 5.92 Å². The number of anilines is 1. The van der Waals surface area contributed by atoms with E-state index >= 15 is 0 Å². The highest BCUT2D eigenvalue weighted by atomic mass is 35.5. The molecule has 0 aliphatic carbocycles. The highest BCUT2D eigenvalue weighted by molar-refractivity contribution is 6.30. The zero-order chi connectivity index (χ0) is 16.8. The molecule has 5 nitrogen and oxygen atoms in total. The lowest BCUT2D eigenvalue weighted by atomic mass is 10.1. The summed E-state index contributed by atoms with van der Waals surface area (Å²) in [6, 6.07) is 6.39. The number of urea groups is 1. The van der Waals surface area contributed by atoms with Gasteiger partial charge in [0.1, 0.15) is 6.04 Å². The number of hydrogen-bond donors (Lipinski definition) is 2. The number of amides is 3. The van der Waals surface area contributed by atoms with Crippen molar-refractivity contribution in [1.82, 2.24) is 10.2 Å². The van der Waals surface area contributed by atoms with Crippen LogP contribution in [0.5, 0.6) is 0 Å². The molecule has 1 saturated heterocycles. The van der Waals surface area contributed by atoms with Crippen LogP contribution in [0.3, 0.4) is 0 Å². The van der Waals surface area contributed by atoms with Crippen LogP contribution < -0.4 is 10.6 Å². The fraction of sp³-hybridized carbons (Fsp3) is 0.529. The minimum atomic E-state index is -0.412. The van der Waals surface area contributed by atoms with Gasteiger partial charge in [-0.15, -0.1) is 0 Å². The number of nitrogens with one attached hydrogen (secondary N) is 2. The van der Waals surface area contributed by atoms with E-state index in [0.29, 0.717) is 36.1 Å². The monoisotopic (exact) mass is 337 g/mol. The second-order valence-electron chi connectivity index (χ2n) is 6.26. The third-order valence-electron chi connectivity index (χ3n) is 3.93. The number of halogens is 1. The average molecular weight is 338 g/mol. The van der Waals surface area contributed by atoms with E-state index in [2.05, 4.69) is 24.5 Å². The maximum absolute atomic E-state index is 12.4. The van der Waals surface area contributed by atoms with E-state index in [1.165, 1.54) is 0 Å². The molecule has 1 aromatic rings. The van der Waals surface area contributed by atoms with E-state index in [9.17, 15) is 9.59 Å². The van der Waals surface area contributed by atoms with Crippen LogP contribution in [0.25, 0.3) is 0 Å². The second kappa shape index (κ2) is 8.20. The summed E-state index contributed by atoms with van der Waals surface area (Å²) >= 11 is 5.84. The Hall–Kier alpha value is -1.75. The summed E-state index contributed by atoms with van der Waals surface area (Å²) in [5.41, 5.74) is 0.687. The van der Waals surface area contributed by atoms with Crippen molar-refractivity contribution in [2.75, 3.05) is 18.4 Å². The minimum Gasteiger partial charge on any atom is -0.338 e. The molecule has 1 atom stereocenters. The van der Waals surface area contributed by atoms with Gasteiger partial charge >= 0.3 is 6.03 Å². The first kappa shape index (κ1) is 17.6. The lowest BCUT2D eigenvalue weighted by Gasteiger charge is -2.24. The fourth-order valence-corrected chi connectivity index (χ4v) is 2.74. The summed E-state index contributed by atoms with van der Waals surface area (Å²) < 4.78 is 0. The highest BCUT2D eigenvalue weighted by Gasteiger charge is 2.33. The largest absolute Gasteiger partial charge is 0.338 e. The molecule has 1 aromatic carbocycles. The number of hydrogen-bond acceptors (Lipinski definition) is 2. The van der Waals surface area contributed by atoms with Crippen LogP contribution in [0, 0.1) is 5.92 Å². The van der Waals surface area contributed by atoms with Gasteiger partial charge in [-0.05, 0) is 49.4 Å². The van der Waals surface area contributed by atoms with Gasteiger partial charge in [0.05, 0.1) is 0 Å². The van der Waals surface area contributed by atoms with Crippen molar-refractivity contribution in [3.8, 4) is 0 Å². The van der Waals surface area contributed by atoms with Crippen LogP contribution in [0.1, 0.15) is 33.1 Å². The first-order valence-corrected chi connectivity index (χ1v) is 8.46. The molecular formula is C17H24ClN3O2. The van der Waals surface area contributed by atoms with Gasteiger partial charge < -0.3 is 15.5 Å². The van der Waals surface area contributed by atoms with Gasteiger partial charge in [-0.2, -0.15) is 0 Å². The molecule has 0 spiro atoms. The normalized spacial score (nSPS) is 17.4. The van der Waals surface area contributed by atoms with Crippen LogP contribution >= 0.6 is 11.6 Å². The van der Waals surface area contributed by atoms with E-state index in [1.54, 1.807) is 29.2 Å². The van der Waals surface area contributed by atoms with Gasteiger partial charge in [-0.25, -0.2) is 4.79 Å². The maximum Gasteiger partial charge on any atom is 0.318 e. The van der Waals surface area contributed by atoms with Gasteiger partial charge in [0.25, 0.3) is 0 Å². The van der Waals surface area contributed by atoms with E-state index < -0.39 is 6.04 Å². The molecule has 0 radical (unpaired) electrons. The lowest BCUT2D eigenvalue weighted by Crippen LogP contribution is -2.48. The van der Waals surface area contributed by atoms with Crippen molar-refractivity contribution in [1.29, 1.82) is 0 Å². The molecular weight excluding hydrogens is 314 g/mol. The molecule has 126 valence electrons. The molecule has 23 heavy (non-hydrogen) atoms. The zero-order valence-corrected chi connectivity index (χ0v) is 14.4. The SMILES string of the molecule is CC(C)CCNC(=O)N1CCC[C@@H]1C(=O)Nc1ccc(Cl)cc1. The predicted molar refractivity (Wildman–Crippen MR) is 92.7 cm³/mol. The summed E-state index contributed by atoms with van der Waals surface area (Å²) in [5.74, 6) is 0.390. The highest BCUT2D eigenvalue weighted by Crippen LogP contribution is 2.20. The van der Waals surface area contributed by atoms with Crippen molar-refractivity contribution in [3.63, 3.8) is 0 Å². The topological polar surface area (TPSA) is 61.4 Å². The first-order chi connectivity index (χ1) is 11.0. The van der Waals surface area contributed by atoms with Crippen LogP contribution in [0.2, 0.25) is 5.02 Å². The van der Waals surface area contributed by atoms with E-state index in [4.69, 9.17) is 11.6 Å². The quantitative estimate of drug-likeness (QED) is 0.863. The smallest absolute Gasteiger partial charge is 0.318 e. The molecule has 1 fully saturated rings. The number of carbonyl (C=O) groups excluding carboxylic acids is 2. The van der Waals surface area contributed by atoms with Crippen LogP contribution in [-0.4, -0.2) is 36.0 Å². The molecule has 0 aromatic heterocycles. The summed E-state index contributed by atoms with van der Waals surface area (Å²) in [6.45, 7) is 5.49. The third-order valence-corrected chi connectivity index (χ3v) is 4.18. The predicted octanol–water partition coefficient (Wildman–Crippen LogP) is 3.50. The van der Waals surface area contributed by atoms with Crippen LogP contribution in [-0.2, 0) is 4.79 Å². The Balaban J connectivity index is 1.90. The molecule has 1 aliphatic heterocycles. The number of carbonyl (C=O) groups is 2. The van der Waals surface area contributed by atoms with Crippen LogP contribution in [0.4, 0.5) is 10.5 Å². The molecule has 6 heteroatoms. The summed E-state index contributed by atoms with van der Waals surface area (Å²) in [6.07, 6.45) is 2.47. The van der Waals surface area contributed by atoms with E-state index in [1.807, 2.05) is 0 Å². The molecule has 3 amide bonds. The maximum atomic E-state index is 12.4.